The number of hydrogen-bond acceptors (Lipinski definition) is 4. The summed E-state index contributed by atoms with van der Waals surface area (Å²) in [5, 5.41) is 2.75. The minimum Gasteiger partial charge on any atom is -0.380 e. The van der Waals surface area contributed by atoms with Crippen molar-refractivity contribution in [1.82, 2.24) is 15.1 Å². The third-order valence-corrected chi connectivity index (χ3v) is 5.02. The van der Waals surface area contributed by atoms with Gasteiger partial charge in [-0.1, -0.05) is 18.2 Å². The predicted octanol–water partition coefficient (Wildman–Crippen LogP) is 1.64. The second-order valence-corrected chi connectivity index (χ2v) is 7.03. The second-order valence-electron chi connectivity index (χ2n) is 7.03. The van der Waals surface area contributed by atoms with Crippen LogP contribution in [-0.2, 0) is 27.0 Å². The normalized spacial score (nSPS) is 21.9. The standard InChI is InChI=1S/C19H24F3N3O3/c20-19(21,22)15-4-1-3-14(11-15)13-25-7-5-23-18(27)16(25)12-17(26)24-6-2-9-28-10-8-24/h1,3-4,11,16H,2,5-10,12-13H2,(H,23,27). The zero-order valence-corrected chi connectivity index (χ0v) is 15.5. The van der Waals surface area contributed by atoms with Crippen LogP contribution in [0.2, 0.25) is 0 Å². The molecule has 0 saturated carbocycles. The molecule has 0 bridgehead atoms. The van der Waals surface area contributed by atoms with E-state index >= 15 is 0 Å². The quantitative estimate of drug-likeness (QED) is 0.836. The van der Waals surface area contributed by atoms with Gasteiger partial charge in [0.25, 0.3) is 0 Å². The smallest absolute Gasteiger partial charge is 0.380 e. The fourth-order valence-corrected chi connectivity index (χ4v) is 3.54. The van der Waals surface area contributed by atoms with Gasteiger partial charge in [0.15, 0.2) is 0 Å². The van der Waals surface area contributed by atoms with Gasteiger partial charge in [-0.25, -0.2) is 0 Å². The van der Waals surface area contributed by atoms with Gasteiger partial charge < -0.3 is 15.0 Å². The Morgan fingerprint density at radius 2 is 2.04 bits per heavy atom. The third kappa shape index (κ3) is 5.23. The van der Waals surface area contributed by atoms with Crippen LogP contribution in [0.4, 0.5) is 13.2 Å². The molecule has 2 aliphatic heterocycles. The Kier molecular flexibility index (Phi) is 6.56. The number of ether oxygens (including phenoxy) is 1. The van der Waals surface area contributed by atoms with Crippen molar-refractivity contribution in [3.8, 4) is 0 Å². The first-order valence-corrected chi connectivity index (χ1v) is 9.38. The maximum Gasteiger partial charge on any atom is 0.416 e. The van der Waals surface area contributed by atoms with E-state index in [0.29, 0.717) is 45.0 Å². The summed E-state index contributed by atoms with van der Waals surface area (Å²) in [4.78, 5) is 28.5. The van der Waals surface area contributed by atoms with Crippen molar-refractivity contribution in [2.24, 2.45) is 0 Å². The summed E-state index contributed by atoms with van der Waals surface area (Å²) in [5.74, 6) is -0.403. The van der Waals surface area contributed by atoms with Gasteiger partial charge in [-0.05, 0) is 18.1 Å². The lowest BCUT2D eigenvalue weighted by atomic mass is 10.0. The summed E-state index contributed by atoms with van der Waals surface area (Å²) in [6.07, 6.45) is -3.67. The molecule has 0 spiro atoms. The van der Waals surface area contributed by atoms with Crippen molar-refractivity contribution < 1.29 is 27.5 Å². The van der Waals surface area contributed by atoms with Crippen LogP contribution < -0.4 is 5.32 Å². The van der Waals surface area contributed by atoms with Crippen LogP contribution in [-0.4, -0.2) is 67.0 Å². The Morgan fingerprint density at radius 3 is 2.82 bits per heavy atom. The van der Waals surface area contributed by atoms with Crippen molar-refractivity contribution in [1.29, 1.82) is 0 Å². The van der Waals surface area contributed by atoms with Gasteiger partial charge in [-0.15, -0.1) is 0 Å². The van der Waals surface area contributed by atoms with E-state index < -0.39 is 17.8 Å². The fraction of sp³-hybridized carbons (Fsp3) is 0.579. The van der Waals surface area contributed by atoms with E-state index in [1.807, 2.05) is 0 Å². The predicted molar refractivity (Wildman–Crippen MR) is 95.3 cm³/mol. The highest BCUT2D eigenvalue weighted by atomic mass is 19.4. The molecule has 0 aliphatic carbocycles. The molecule has 1 atom stereocenters. The van der Waals surface area contributed by atoms with Crippen LogP contribution in [0.15, 0.2) is 24.3 Å². The zero-order valence-electron chi connectivity index (χ0n) is 15.5. The van der Waals surface area contributed by atoms with Gasteiger partial charge in [0.1, 0.15) is 0 Å². The Balaban J connectivity index is 1.70. The molecule has 2 aliphatic rings. The SMILES string of the molecule is O=C1NCCN(Cc2cccc(C(F)(F)F)c2)C1CC(=O)N1CCCOCC1. The Hall–Kier alpha value is -2.13. The number of carbonyl (C=O) groups is 2. The molecule has 1 aromatic rings. The lowest BCUT2D eigenvalue weighted by Gasteiger charge is -2.35. The highest BCUT2D eigenvalue weighted by Gasteiger charge is 2.34. The van der Waals surface area contributed by atoms with Crippen LogP contribution in [0, 0.1) is 0 Å². The molecule has 2 saturated heterocycles. The first-order valence-electron chi connectivity index (χ1n) is 9.38. The van der Waals surface area contributed by atoms with Gasteiger partial charge in [-0.2, -0.15) is 13.2 Å². The highest BCUT2D eigenvalue weighted by Crippen LogP contribution is 2.30. The summed E-state index contributed by atoms with van der Waals surface area (Å²) >= 11 is 0. The Labute approximate surface area is 161 Å². The Morgan fingerprint density at radius 1 is 1.21 bits per heavy atom. The number of halogens is 3. The van der Waals surface area contributed by atoms with Crippen LogP contribution >= 0.6 is 0 Å². The maximum absolute atomic E-state index is 13.0. The number of carbonyl (C=O) groups excluding carboxylic acids is 2. The average molecular weight is 399 g/mol. The molecule has 28 heavy (non-hydrogen) atoms. The lowest BCUT2D eigenvalue weighted by Crippen LogP contribution is -2.56. The van der Waals surface area contributed by atoms with E-state index in [1.54, 1.807) is 15.9 Å². The van der Waals surface area contributed by atoms with E-state index in [2.05, 4.69) is 5.32 Å². The van der Waals surface area contributed by atoms with E-state index in [1.165, 1.54) is 6.07 Å². The number of nitrogens with zero attached hydrogens (tertiary/aromatic N) is 2. The highest BCUT2D eigenvalue weighted by molar-refractivity contribution is 5.88. The maximum atomic E-state index is 13.0. The number of benzene rings is 1. The molecule has 2 fully saturated rings. The Bertz CT molecular complexity index is 703. The summed E-state index contributed by atoms with van der Waals surface area (Å²) in [6, 6.07) is 4.39. The number of rotatable bonds is 4. The first-order chi connectivity index (χ1) is 13.3. The number of amides is 2. The average Bonchev–Trinajstić information content (AvgIpc) is 2.93. The summed E-state index contributed by atoms with van der Waals surface area (Å²) in [5.41, 5.74) is -0.256. The van der Waals surface area contributed by atoms with Crippen LogP contribution in [0.1, 0.15) is 24.0 Å². The minimum absolute atomic E-state index is 0.00476. The minimum atomic E-state index is -4.42. The number of hydrogen-bond donors (Lipinski definition) is 1. The van der Waals surface area contributed by atoms with Gasteiger partial charge >= 0.3 is 6.18 Å². The van der Waals surface area contributed by atoms with Gasteiger partial charge in [0, 0.05) is 39.3 Å². The molecular weight excluding hydrogens is 375 g/mol. The van der Waals surface area contributed by atoms with E-state index in [0.717, 1.165) is 18.6 Å². The molecule has 2 amide bonds. The van der Waals surface area contributed by atoms with Crippen molar-refractivity contribution in [3.05, 3.63) is 35.4 Å². The van der Waals surface area contributed by atoms with Gasteiger partial charge in [0.05, 0.1) is 24.6 Å². The van der Waals surface area contributed by atoms with Crippen molar-refractivity contribution in [2.75, 3.05) is 39.4 Å². The van der Waals surface area contributed by atoms with Crippen molar-refractivity contribution in [2.45, 2.75) is 31.6 Å². The van der Waals surface area contributed by atoms with Gasteiger partial charge in [-0.3, -0.25) is 14.5 Å². The second kappa shape index (κ2) is 8.91. The third-order valence-electron chi connectivity index (χ3n) is 5.02. The molecule has 1 aromatic carbocycles. The first kappa shape index (κ1) is 20.6. The summed E-state index contributed by atoms with van der Waals surface area (Å²) in [6.45, 7) is 3.20. The molecule has 0 radical (unpaired) electrons. The van der Waals surface area contributed by atoms with Crippen molar-refractivity contribution >= 4 is 11.8 Å². The van der Waals surface area contributed by atoms with Crippen LogP contribution in [0.3, 0.4) is 0 Å². The number of alkyl halides is 3. The monoisotopic (exact) mass is 399 g/mol. The largest absolute Gasteiger partial charge is 0.416 e. The molecule has 0 aromatic heterocycles. The number of nitrogens with one attached hydrogen (secondary N) is 1. The van der Waals surface area contributed by atoms with Crippen molar-refractivity contribution in [3.63, 3.8) is 0 Å². The van der Waals surface area contributed by atoms with E-state index in [4.69, 9.17) is 4.74 Å². The molecule has 2 heterocycles. The molecule has 9 heteroatoms. The topological polar surface area (TPSA) is 61.9 Å². The number of piperazine rings is 1. The molecular formula is C19H24F3N3O3. The summed E-state index contributed by atoms with van der Waals surface area (Å²) in [7, 11) is 0. The molecule has 1 unspecified atom stereocenters. The molecule has 1 N–H and O–H groups in total. The fourth-order valence-electron chi connectivity index (χ4n) is 3.54. The zero-order chi connectivity index (χ0) is 20.1. The summed E-state index contributed by atoms with van der Waals surface area (Å²) < 4.78 is 44.2. The lowest BCUT2D eigenvalue weighted by molar-refractivity contribution is -0.139. The van der Waals surface area contributed by atoms with E-state index in [9.17, 15) is 22.8 Å². The molecule has 154 valence electrons. The van der Waals surface area contributed by atoms with Crippen LogP contribution in [0.25, 0.3) is 0 Å². The molecule has 6 nitrogen and oxygen atoms in total. The van der Waals surface area contributed by atoms with E-state index in [-0.39, 0.29) is 24.8 Å². The van der Waals surface area contributed by atoms with Gasteiger partial charge in [0.2, 0.25) is 11.8 Å². The van der Waals surface area contributed by atoms with Crippen LogP contribution in [0.5, 0.6) is 0 Å². The molecule has 3 rings (SSSR count).